The van der Waals surface area contributed by atoms with Gasteiger partial charge in [0.1, 0.15) is 0 Å². The Balaban J connectivity index is 1.61. The van der Waals surface area contributed by atoms with Gasteiger partial charge in [0, 0.05) is 25.7 Å². The minimum Gasteiger partial charge on any atom is -0.378 e. The molecule has 0 radical (unpaired) electrons. The molecule has 1 saturated carbocycles. The van der Waals surface area contributed by atoms with Crippen LogP contribution in [0.4, 0.5) is 0 Å². The third-order valence-electron chi connectivity index (χ3n) is 4.47. The molecule has 3 nitrogen and oxygen atoms in total. The highest BCUT2D eigenvalue weighted by atomic mass is 16.5. The molecule has 0 bridgehead atoms. The lowest BCUT2D eigenvalue weighted by Gasteiger charge is -2.32. The van der Waals surface area contributed by atoms with E-state index in [9.17, 15) is 0 Å². The van der Waals surface area contributed by atoms with E-state index in [1.165, 1.54) is 58.2 Å². The zero-order chi connectivity index (χ0) is 12.1. The van der Waals surface area contributed by atoms with Crippen LogP contribution in [-0.2, 0) is 4.74 Å². The van der Waals surface area contributed by atoms with E-state index in [1.54, 1.807) is 0 Å². The molecule has 0 amide bonds. The quantitative estimate of drug-likeness (QED) is 0.799. The minimum atomic E-state index is 0.482. The fraction of sp³-hybridized carbons (Fsp3) is 1.00. The Labute approximate surface area is 106 Å². The number of rotatable bonds is 5. The summed E-state index contributed by atoms with van der Waals surface area (Å²) in [6.07, 6.45) is 8.20. The summed E-state index contributed by atoms with van der Waals surface area (Å²) >= 11 is 0. The van der Waals surface area contributed by atoms with E-state index in [0.29, 0.717) is 12.1 Å². The van der Waals surface area contributed by atoms with E-state index < -0.39 is 0 Å². The zero-order valence-electron chi connectivity index (χ0n) is 11.2. The van der Waals surface area contributed by atoms with Crippen molar-refractivity contribution >= 4 is 0 Å². The summed E-state index contributed by atoms with van der Waals surface area (Å²) in [4.78, 5) is 2.60. The van der Waals surface area contributed by atoms with Crippen LogP contribution >= 0.6 is 0 Å². The average Bonchev–Trinajstić information content (AvgIpc) is 2.75. The highest BCUT2D eigenvalue weighted by Crippen LogP contribution is 2.27. The molecule has 1 heterocycles. The van der Waals surface area contributed by atoms with Crippen LogP contribution in [0.1, 0.15) is 45.4 Å². The Morgan fingerprint density at radius 3 is 2.53 bits per heavy atom. The van der Waals surface area contributed by atoms with Gasteiger partial charge in [0.25, 0.3) is 0 Å². The zero-order valence-corrected chi connectivity index (χ0v) is 11.2. The highest BCUT2D eigenvalue weighted by Gasteiger charge is 2.25. The van der Waals surface area contributed by atoms with Crippen LogP contribution in [0.5, 0.6) is 0 Å². The van der Waals surface area contributed by atoms with Crippen LogP contribution in [0.3, 0.4) is 0 Å². The second-order valence-corrected chi connectivity index (χ2v) is 5.64. The first-order valence-electron chi connectivity index (χ1n) is 7.39. The van der Waals surface area contributed by atoms with Gasteiger partial charge in [-0.15, -0.1) is 0 Å². The lowest BCUT2D eigenvalue weighted by molar-refractivity contribution is 0.0132. The number of nitrogens with two attached hydrogens (primary N) is 1. The van der Waals surface area contributed by atoms with Gasteiger partial charge in [-0.1, -0.05) is 6.42 Å². The molecule has 0 aromatic carbocycles. The predicted octanol–water partition coefficient (Wildman–Crippen LogP) is 2.00. The molecule has 3 heteroatoms. The molecule has 0 spiro atoms. The number of nitrogens with zero attached hydrogens (tertiary/aromatic N) is 1. The first-order valence-corrected chi connectivity index (χ1v) is 7.39. The maximum absolute atomic E-state index is 6.12. The normalized spacial score (nSPS) is 32.1. The lowest BCUT2D eigenvalue weighted by Crippen LogP contribution is -2.39. The smallest absolute Gasteiger partial charge is 0.0599 e. The summed E-state index contributed by atoms with van der Waals surface area (Å²) in [6.45, 7) is 6.63. The minimum absolute atomic E-state index is 0.482. The summed E-state index contributed by atoms with van der Waals surface area (Å²) in [5.41, 5.74) is 6.12. The van der Waals surface area contributed by atoms with Crippen molar-refractivity contribution in [2.45, 2.75) is 57.6 Å². The van der Waals surface area contributed by atoms with E-state index >= 15 is 0 Å². The Hall–Kier alpha value is -0.120. The maximum Gasteiger partial charge on any atom is 0.0599 e. The van der Waals surface area contributed by atoms with Crippen molar-refractivity contribution in [3.63, 3.8) is 0 Å². The first-order chi connectivity index (χ1) is 8.29. The number of hydrogen-bond acceptors (Lipinski definition) is 3. The predicted molar refractivity (Wildman–Crippen MR) is 71.0 cm³/mol. The molecule has 1 saturated heterocycles. The molecule has 100 valence electrons. The molecule has 2 N–H and O–H groups in total. The molecule has 2 fully saturated rings. The summed E-state index contributed by atoms with van der Waals surface area (Å²) in [5, 5.41) is 0. The van der Waals surface area contributed by atoms with Crippen LogP contribution in [0, 0.1) is 5.92 Å². The molecule has 17 heavy (non-hydrogen) atoms. The molecule has 2 aliphatic rings. The van der Waals surface area contributed by atoms with Gasteiger partial charge in [-0.2, -0.15) is 0 Å². The van der Waals surface area contributed by atoms with Crippen molar-refractivity contribution in [3.8, 4) is 0 Å². The van der Waals surface area contributed by atoms with Gasteiger partial charge in [0.2, 0.25) is 0 Å². The third-order valence-corrected chi connectivity index (χ3v) is 4.47. The number of ether oxygens (including phenoxy) is 1. The topological polar surface area (TPSA) is 38.5 Å². The number of piperidine rings is 1. The van der Waals surface area contributed by atoms with Crippen molar-refractivity contribution in [2.24, 2.45) is 11.7 Å². The van der Waals surface area contributed by atoms with Gasteiger partial charge in [-0.05, 0) is 51.5 Å². The van der Waals surface area contributed by atoms with E-state index in [1.807, 2.05) is 0 Å². The number of likely N-dealkylation sites (tertiary alicyclic amines) is 1. The van der Waals surface area contributed by atoms with E-state index in [4.69, 9.17) is 10.5 Å². The Kier molecular flexibility index (Phi) is 5.26. The van der Waals surface area contributed by atoms with Gasteiger partial charge >= 0.3 is 0 Å². The molecule has 0 aromatic heterocycles. The fourth-order valence-electron chi connectivity index (χ4n) is 3.31. The Morgan fingerprint density at radius 2 is 1.94 bits per heavy atom. The second kappa shape index (κ2) is 6.72. The van der Waals surface area contributed by atoms with Crippen molar-refractivity contribution in [1.82, 2.24) is 4.90 Å². The van der Waals surface area contributed by atoms with Gasteiger partial charge in [-0.3, -0.25) is 0 Å². The molecular weight excluding hydrogens is 212 g/mol. The van der Waals surface area contributed by atoms with Crippen LogP contribution in [0.15, 0.2) is 0 Å². The summed E-state index contributed by atoms with van der Waals surface area (Å²) in [7, 11) is 0. The van der Waals surface area contributed by atoms with Gasteiger partial charge < -0.3 is 15.4 Å². The number of hydrogen-bond donors (Lipinski definition) is 1. The fourth-order valence-corrected chi connectivity index (χ4v) is 3.31. The van der Waals surface area contributed by atoms with Crippen LogP contribution < -0.4 is 5.73 Å². The molecule has 2 atom stereocenters. The van der Waals surface area contributed by atoms with Crippen molar-refractivity contribution in [3.05, 3.63) is 0 Å². The Bertz CT molecular complexity index is 214. The van der Waals surface area contributed by atoms with Gasteiger partial charge in [0.15, 0.2) is 0 Å². The molecule has 2 unspecified atom stereocenters. The molecule has 2 rings (SSSR count). The van der Waals surface area contributed by atoms with Crippen molar-refractivity contribution < 1.29 is 4.74 Å². The largest absolute Gasteiger partial charge is 0.378 e. The van der Waals surface area contributed by atoms with Crippen LogP contribution in [0.2, 0.25) is 0 Å². The van der Waals surface area contributed by atoms with Gasteiger partial charge in [0.05, 0.1) is 6.10 Å². The second-order valence-electron chi connectivity index (χ2n) is 5.64. The van der Waals surface area contributed by atoms with Gasteiger partial charge in [-0.25, -0.2) is 0 Å². The van der Waals surface area contributed by atoms with Crippen molar-refractivity contribution in [2.75, 3.05) is 26.2 Å². The lowest BCUT2D eigenvalue weighted by atomic mass is 9.99. The van der Waals surface area contributed by atoms with Crippen LogP contribution in [-0.4, -0.2) is 43.3 Å². The standard InChI is InChI=1S/C14H28N2O/c1-2-17-13-7-10-16(11-8-13)9-6-12-4-3-5-14(12)15/h12-14H,2-11,15H2,1H3. The summed E-state index contributed by atoms with van der Waals surface area (Å²) in [6, 6.07) is 0.482. The molecule has 1 aliphatic carbocycles. The monoisotopic (exact) mass is 240 g/mol. The summed E-state index contributed by atoms with van der Waals surface area (Å²) in [5.74, 6) is 0.791. The maximum atomic E-state index is 6.12. The average molecular weight is 240 g/mol. The van der Waals surface area contributed by atoms with E-state index in [0.717, 1.165) is 12.5 Å². The first kappa shape index (κ1) is 13.3. The molecule has 0 aromatic rings. The van der Waals surface area contributed by atoms with Crippen LogP contribution in [0.25, 0.3) is 0 Å². The SMILES string of the molecule is CCOC1CCN(CCC2CCCC2N)CC1. The molecular formula is C14H28N2O. The third kappa shape index (κ3) is 3.94. The highest BCUT2D eigenvalue weighted by molar-refractivity contribution is 4.81. The molecule has 1 aliphatic heterocycles. The summed E-state index contributed by atoms with van der Waals surface area (Å²) < 4.78 is 5.68. The Morgan fingerprint density at radius 1 is 1.18 bits per heavy atom. The van der Waals surface area contributed by atoms with E-state index in [-0.39, 0.29) is 0 Å². The van der Waals surface area contributed by atoms with E-state index in [2.05, 4.69) is 11.8 Å². The van der Waals surface area contributed by atoms with Crippen molar-refractivity contribution in [1.29, 1.82) is 0 Å².